The van der Waals surface area contributed by atoms with Gasteiger partial charge in [0.1, 0.15) is 5.15 Å². The highest BCUT2D eigenvalue weighted by Crippen LogP contribution is 2.20. The summed E-state index contributed by atoms with van der Waals surface area (Å²) >= 11 is 11.9. The number of hydrogen-bond donors (Lipinski definition) is 2. The highest BCUT2D eigenvalue weighted by atomic mass is 35.5. The van der Waals surface area contributed by atoms with Gasteiger partial charge in [-0.3, -0.25) is 4.79 Å². The van der Waals surface area contributed by atoms with Crippen molar-refractivity contribution in [3.8, 4) is 0 Å². The quantitative estimate of drug-likeness (QED) is 0.341. The molecule has 0 fully saturated rings. The number of sulfonamides is 1. The number of carbonyl (C=O) groups excluding carboxylic acids is 1. The molecule has 3 aromatic rings. The first-order chi connectivity index (χ1) is 13.7. The predicted molar refractivity (Wildman–Crippen MR) is 114 cm³/mol. The van der Waals surface area contributed by atoms with Gasteiger partial charge in [-0.15, -0.1) is 0 Å². The molecular formula is C19H16Cl2N4O3S. The van der Waals surface area contributed by atoms with Crippen LogP contribution in [-0.2, 0) is 14.8 Å². The molecule has 0 saturated carbocycles. The average molecular weight is 451 g/mol. The Morgan fingerprint density at radius 1 is 1.14 bits per heavy atom. The van der Waals surface area contributed by atoms with Crippen molar-refractivity contribution in [2.45, 2.75) is 11.8 Å². The molecule has 1 amide bonds. The van der Waals surface area contributed by atoms with Gasteiger partial charge in [-0.05, 0) is 48.9 Å². The van der Waals surface area contributed by atoms with E-state index in [1.165, 1.54) is 30.5 Å². The Labute approximate surface area is 177 Å². The third kappa shape index (κ3) is 5.51. The third-order valence-corrected chi connectivity index (χ3v) is 5.87. The second-order valence-corrected chi connectivity index (χ2v) is 8.70. The Bertz CT molecular complexity index is 1200. The van der Waals surface area contributed by atoms with Crippen LogP contribution in [0, 0.1) is 6.92 Å². The number of aryl methyl sites for hydroxylation is 1. The third-order valence-electron chi connectivity index (χ3n) is 3.89. The van der Waals surface area contributed by atoms with Crippen LogP contribution in [0.2, 0.25) is 10.2 Å². The average Bonchev–Trinajstić information content (AvgIpc) is 2.67. The molecule has 29 heavy (non-hydrogen) atoms. The number of fused-ring (bicyclic) bond motifs is 1. The molecule has 0 aliphatic heterocycles. The van der Waals surface area contributed by atoms with Crippen LogP contribution < -0.4 is 10.1 Å². The first-order valence-corrected chi connectivity index (χ1v) is 10.6. The summed E-state index contributed by atoms with van der Waals surface area (Å²) in [5, 5.41) is 5.34. The zero-order chi connectivity index (χ0) is 21.0. The Morgan fingerprint density at radius 3 is 2.59 bits per heavy atom. The standard InChI is InChI=1S/C19H16Cl2N4O3S/c1-12-2-3-13-9-14(19(21)24-17(13)8-12)10-22-25-18(26)11-23-29(27,28)16-6-4-15(20)5-7-16/h2-10,23H,11H2,1H3,(H,25,26)/b22-10-. The number of hydrazone groups is 1. The van der Waals surface area contributed by atoms with Crippen LogP contribution in [0.4, 0.5) is 0 Å². The number of rotatable bonds is 6. The lowest BCUT2D eigenvalue weighted by Gasteiger charge is -2.06. The normalized spacial score (nSPS) is 11.8. The molecular weight excluding hydrogens is 435 g/mol. The molecule has 0 unspecified atom stereocenters. The molecule has 0 aliphatic carbocycles. The summed E-state index contributed by atoms with van der Waals surface area (Å²) in [6, 6.07) is 13.2. The number of carbonyl (C=O) groups is 1. The maximum absolute atomic E-state index is 12.1. The van der Waals surface area contributed by atoms with E-state index in [4.69, 9.17) is 23.2 Å². The van der Waals surface area contributed by atoms with Crippen molar-refractivity contribution < 1.29 is 13.2 Å². The lowest BCUT2D eigenvalue weighted by Crippen LogP contribution is -2.34. The summed E-state index contributed by atoms with van der Waals surface area (Å²) < 4.78 is 26.5. The fraction of sp³-hybridized carbons (Fsp3) is 0.105. The SMILES string of the molecule is Cc1ccc2cc(/C=N\NC(=O)CNS(=O)(=O)c3ccc(Cl)cc3)c(Cl)nc2c1. The van der Waals surface area contributed by atoms with Gasteiger partial charge in [0.05, 0.1) is 23.2 Å². The van der Waals surface area contributed by atoms with Crippen molar-refractivity contribution in [2.75, 3.05) is 6.54 Å². The lowest BCUT2D eigenvalue weighted by molar-refractivity contribution is -0.119. The number of nitrogens with zero attached hydrogens (tertiary/aromatic N) is 2. The van der Waals surface area contributed by atoms with Crippen molar-refractivity contribution in [2.24, 2.45) is 5.10 Å². The van der Waals surface area contributed by atoms with E-state index < -0.39 is 22.5 Å². The van der Waals surface area contributed by atoms with Gasteiger partial charge >= 0.3 is 0 Å². The lowest BCUT2D eigenvalue weighted by atomic mass is 10.1. The zero-order valence-electron chi connectivity index (χ0n) is 15.2. The van der Waals surface area contributed by atoms with Crippen molar-refractivity contribution >= 4 is 56.2 Å². The van der Waals surface area contributed by atoms with Crippen LogP contribution in [0.15, 0.2) is 58.5 Å². The highest BCUT2D eigenvalue weighted by molar-refractivity contribution is 7.89. The molecule has 10 heteroatoms. The van der Waals surface area contributed by atoms with Crippen LogP contribution in [0.3, 0.4) is 0 Å². The number of pyridine rings is 1. The molecule has 3 rings (SSSR count). The van der Waals surface area contributed by atoms with Gasteiger partial charge in [0.2, 0.25) is 10.0 Å². The Balaban J connectivity index is 1.61. The number of amides is 1. The number of aromatic nitrogens is 1. The zero-order valence-corrected chi connectivity index (χ0v) is 17.5. The van der Waals surface area contributed by atoms with Crippen LogP contribution >= 0.6 is 23.2 Å². The van der Waals surface area contributed by atoms with Crippen molar-refractivity contribution in [1.29, 1.82) is 0 Å². The summed E-state index contributed by atoms with van der Waals surface area (Å²) in [5.74, 6) is -0.640. The molecule has 0 saturated heterocycles. The first-order valence-electron chi connectivity index (χ1n) is 8.39. The second-order valence-electron chi connectivity index (χ2n) is 6.14. The molecule has 150 valence electrons. The van der Waals surface area contributed by atoms with E-state index in [0.29, 0.717) is 10.6 Å². The summed E-state index contributed by atoms with van der Waals surface area (Å²) in [7, 11) is -3.84. The van der Waals surface area contributed by atoms with Crippen LogP contribution in [0.25, 0.3) is 10.9 Å². The maximum Gasteiger partial charge on any atom is 0.255 e. The Hall–Kier alpha value is -2.52. The fourth-order valence-corrected chi connectivity index (χ4v) is 3.73. The van der Waals surface area contributed by atoms with Gasteiger partial charge in [0.25, 0.3) is 5.91 Å². The van der Waals surface area contributed by atoms with E-state index in [1.54, 1.807) is 6.07 Å². The van der Waals surface area contributed by atoms with Gasteiger partial charge < -0.3 is 0 Å². The monoisotopic (exact) mass is 450 g/mol. The van der Waals surface area contributed by atoms with Gasteiger partial charge in [0.15, 0.2) is 0 Å². The summed E-state index contributed by atoms with van der Waals surface area (Å²) in [4.78, 5) is 16.2. The minimum Gasteiger partial charge on any atom is -0.272 e. The van der Waals surface area contributed by atoms with Crippen molar-refractivity contribution in [3.05, 3.63) is 69.8 Å². The largest absolute Gasteiger partial charge is 0.272 e. The van der Waals surface area contributed by atoms with Gasteiger partial charge in [-0.2, -0.15) is 5.10 Å². The molecule has 1 aromatic heterocycles. The molecule has 2 N–H and O–H groups in total. The molecule has 0 atom stereocenters. The van der Waals surface area contributed by atoms with E-state index in [1.807, 2.05) is 25.1 Å². The van der Waals surface area contributed by atoms with Gasteiger partial charge in [-0.25, -0.2) is 23.5 Å². The molecule has 0 spiro atoms. The second kappa shape index (κ2) is 8.87. The van der Waals surface area contributed by atoms with E-state index >= 15 is 0 Å². The topological polar surface area (TPSA) is 101 Å². The number of hydrogen-bond acceptors (Lipinski definition) is 5. The Morgan fingerprint density at radius 2 is 1.86 bits per heavy atom. The summed E-state index contributed by atoms with van der Waals surface area (Å²) in [6.07, 6.45) is 1.35. The fourth-order valence-electron chi connectivity index (χ4n) is 2.43. The first kappa shape index (κ1) is 21.2. The highest BCUT2D eigenvalue weighted by Gasteiger charge is 2.15. The van der Waals surface area contributed by atoms with Crippen LogP contribution in [0.1, 0.15) is 11.1 Å². The van der Waals surface area contributed by atoms with Gasteiger partial charge in [-0.1, -0.05) is 35.3 Å². The molecule has 7 nitrogen and oxygen atoms in total. The summed E-state index contributed by atoms with van der Waals surface area (Å²) in [6.45, 7) is 1.48. The van der Waals surface area contributed by atoms with E-state index in [2.05, 4.69) is 20.2 Å². The van der Waals surface area contributed by atoms with E-state index in [0.717, 1.165) is 16.5 Å². The van der Waals surface area contributed by atoms with Crippen molar-refractivity contribution in [1.82, 2.24) is 15.1 Å². The number of benzene rings is 2. The van der Waals surface area contributed by atoms with Crippen molar-refractivity contribution in [3.63, 3.8) is 0 Å². The molecule has 1 heterocycles. The molecule has 0 bridgehead atoms. The minimum absolute atomic E-state index is 0.00228. The molecule has 2 aromatic carbocycles. The van der Waals surface area contributed by atoms with Gasteiger partial charge in [0, 0.05) is 16.0 Å². The van der Waals surface area contributed by atoms with E-state index in [9.17, 15) is 13.2 Å². The smallest absolute Gasteiger partial charge is 0.255 e. The van der Waals surface area contributed by atoms with Crippen LogP contribution in [-0.4, -0.2) is 32.1 Å². The maximum atomic E-state index is 12.1. The van der Waals surface area contributed by atoms with Crippen LogP contribution in [0.5, 0.6) is 0 Å². The molecule has 0 radical (unpaired) electrons. The Kier molecular flexibility index (Phi) is 6.49. The minimum atomic E-state index is -3.84. The number of nitrogens with one attached hydrogen (secondary N) is 2. The molecule has 0 aliphatic rings. The van der Waals surface area contributed by atoms with E-state index in [-0.39, 0.29) is 10.0 Å². The predicted octanol–water partition coefficient (Wildman–Crippen LogP) is 3.28. The summed E-state index contributed by atoms with van der Waals surface area (Å²) in [5.41, 5.74) is 4.59. The number of halogens is 2.